The van der Waals surface area contributed by atoms with Crippen LogP contribution in [0.25, 0.3) is 0 Å². The van der Waals surface area contributed by atoms with E-state index in [1.165, 1.54) is 6.07 Å². The maximum atomic E-state index is 11.3. The predicted octanol–water partition coefficient (Wildman–Crippen LogP) is 1.39. The fourth-order valence-corrected chi connectivity index (χ4v) is 1.99. The van der Waals surface area contributed by atoms with Crippen LogP contribution in [-0.2, 0) is 10.1 Å². The average molecular weight is 215 g/mol. The molecule has 0 spiro atoms. The zero-order valence-corrected chi connectivity index (χ0v) is 8.75. The van der Waals surface area contributed by atoms with Crippen molar-refractivity contribution in [2.24, 2.45) is 0 Å². The van der Waals surface area contributed by atoms with Gasteiger partial charge in [-0.15, -0.1) is 0 Å². The van der Waals surface area contributed by atoms with Gasteiger partial charge in [-0.1, -0.05) is 19.1 Å². The number of hydrogen-bond donors (Lipinski definition) is 1. The molecule has 0 radical (unpaired) electrons. The first-order valence-electron chi connectivity index (χ1n) is 4.32. The second-order valence-electron chi connectivity index (χ2n) is 2.88. The first-order valence-corrected chi connectivity index (χ1v) is 5.89. The smallest absolute Gasteiger partial charge is 0.309 e. The van der Waals surface area contributed by atoms with Crippen LogP contribution in [0, 0.1) is 0 Å². The maximum Gasteiger partial charge on any atom is 0.309 e. The molecular weight excluding hydrogens is 202 g/mol. The minimum absolute atomic E-state index is 0.00132. The zero-order valence-electron chi connectivity index (χ0n) is 7.93. The Hall–Kier alpha value is -1.23. The molecule has 1 aromatic rings. The van der Waals surface area contributed by atoms with Crippen molar-refractivity contribution in [3.8, 4) is 5.75 Å². The fourth-order valence-electron chi connectivity index (χ4n) is 0.985. The number of anilines is 1. The summed E-state index contributed by atoms with van der Waals surface area (Å²) in [5.41, 5.74) is 5.86. The number of benzene rings is 1. The van der Waals surface area contributed by atoms with Gasteiger partial charge in [0.2, 0.25) is 0 Å². The van der Waals surface area contributed by atoms with E-state index in [1.807, 2.05) is 0 Å². The van der Waals surface area contributed by atoms with Crippen molar-refractivity contribution in [1.29, 1.82) is 0 Å². The quantitative estimate of drug-likeness (QED) is 0.608. The highest BCUT2D eigenvalue weighted by Gasteiger charge is 2.12. The standard InChI is InChI=1S/C9H13NO3S/c1-2-7-14(11,12)13-9-6-4-3-5-8(9)10/h3-6H,2,7,10H2,1H3. The summed E-state index contributed by atoms with van der Waals surface area (Å²) in [6.45, 7) is 1.77. The summed E-state index contributed by atoms with van der Waals surface area (Å²) in [5, 5.41) is 0. The Labute approximate surface area is 83.8 Å². The molecule has 0 aromatic heterocycles. The lowest BCUT2D eigenvalue weighted by atomic mass is 10.3. The molecule has 4 nitrogen and oxygen atoms in total. The van der Waals surface area contributed by atoms with Crippen LogP contribution in [-0.4, -0.2) is 14.2 Å². The lowest BCUT2D eigenvalue weighted by Crippen LogP contribution is -2.13. The van der Waals surface area contributed by atoms with Crippen molar-refractivity contribution >= 4 is 15.8 Å². The molecule has 0 aliphatic rings. The number of rotatable bonds is 4. The second kappa shape index (κ2) is 4.32. The molecule has 0 bridgehead atoms. The van der Waals surface area contributed by atoms with Gasteiger partial charge in [-0.3, -0.25) is 0 Å². The molecule has 0 atom stereocenters. The van der Waals surface area contributed by atoms with Gasteiger partial charge in [-0.2, -0.15) is 8.42 Å². The van der Waals surface area contributed by atoms with E-state index in [2.05, 4.69) is 0 Å². The summed E-state index contributed by atoms with van der Waals surface area (Å²) in [6, 6.07) is 6.52. The van der Waals surface area contributed by atoms with Crippen LogP contribution in [0.2, 0.25) is 0 Å². The van der Waals surface area contributed by atoms with Gasteiger partial charge in [0.25, 0.3) is 0 Å². The summed E-state index contributed by atoms with van der Waals surface area (Å²) < 4.78 is 27.4. The number of hydrogen-bond acceptors (Lipinski definition) is 4. The predicted molar refractivity (Wildman–Crippen MR) is 55.6 cm³/mol. The van der Waals surface area contributed by atoms with Crippen molar-refractivity contribution in [3.63, 3.8) is 0 Å². The van der Waals surface area contributed by atoms with E-state index in [9.17, 15) is 8.42 Å². The lowest BCUT2D eigenvalue weighted by Gasteiger charge is -2.07. The molecule has 1 rings (SSSR count). The van der Waals surface area contributed by atoms with Gasteiger partial charge < -0.3 is 9.92 Å². The highest BCUT2D eigenvalue weighted by Crippen LogP contribution is 2.21. The Morgan fingerprint density at radius 1 is 1.36 bits per heavy atom. The molecule has 0 amide bonds. The molecule has 2 N–H and O–H groups in total. The topological polar surface area (TPSA) is 69.4 Å². The molecular formula is C9H13NO3S. The molecule has 0 heterocycles. The van der Waals surface area contributed by atoms with Crippen LogP contribution in [0.15, 0.2) is 24.3 Å². The minimum atomic E-state index is -3.49. The minimum Gasteiger partial charge on any atom is -0.396 e. The van der Waals surface area contributed by atoms with E-state index in [-0.39, 0.29) is 11.5 Å². The third-order valence-electron chi connectivity index (χ3n) is 1.59. The number of nitrogens with two attached hydrogens (primary N) is 1. The van der Waals surface area contributed by atoms with Crippen molar-refractivity contribution in [3.05, 3.63) is 24.3 Å². The largest absolute Gasteiger partial charge is 0.396 e. The van der Waals surface area contributed by atoms with Crippen molar-refractivity contribution in [1.82, 2.24) is 0 Å². The number of para-hydroxylation sites is 2. The van der Waals surface area contributed by atoms with Crippen LogP contribution >= 0.6 is 0 Å². The highest BCUT2D eigenvalue weighted by molar-refractivity contribution is 7.87. The van der Waals surface area contributed by atoms with Gasteiger partial charge in [0, 0.05) is 0 Å². The summed E-state index contributed by atoms with van der Waals surface area (Å²) in [6.07, 6.45) is 0.523. The molecule has 0 saturated heterocycles. The monoisotopic (exact) mass is 215 g/mol. The molecule has 0 saturated carbocycles. The van der Waals surface area contributed by atoms with Gasteiger partial charge >= 0.3 is 10.1 Å². The Morgan fingerprint density at radius 2 is 2.00 bits per heavy atom. The Kier molecular flexibility index (Phi) is 3.35. The first-order chi connectivity index (χ1) is 6.55. The van der Waals surface area contributed by atoms with Gasteiger partial charge in [-0.05, 0) is 18.6 Å². The molecule has 1 aromatic carbocycles. The van der Waals surface area contributed by atoms with Crippen molar-refractivity contribution < 1.29 is 12.6 Å². The van der Waals surface area contributed by atoms with E-state index < -0.39 is 10.1 Å². The zero-order chi connectivity index (χ0) is 10.6. The fraction of sp³-hybridized carbons (Fsp3) is 0.333. The SMILES string of the molecule is CCCS(=O)(=O)Oc1ccccc1N. The highest BCUT2D eigenvalue weighted by atomic mass is 32.2. The summed E-state index contributed by atoms with van der Waals surface area (Å²) in [4.78, 5) is 0. The second-order valence-corrected chi connectivity index (χ2v) is 4.57. The van der Waals surface area contributed by atoms with Gasteiger partial charge in [-0.25, -0.2) is 0 Å². The van der Waals surface area contributed by atoms with Crippen LogP contribution < -0.4 is 9.92 Å². The van der Waals surface area contributed by atoms with E-state index in [1.54, 1.807) is 25.1 Å². The van der Waals surface area contributed by atoms with Gasteiger partial charge in [0.05, 0.1) is 11.4 Å². The molecule has 0 fully saturated rings. The van der Waals surface area contributed by atoms with Crippen LogP contribution in [0.3, 0.4) is 0 Å². The third kappa shape index (κ3) is 2.92. The molecule has 5 heteroatoms. The van der Waals surface area contributed by atoms with E-state index in [4.69, 9.17) is 9.92 Å². The van der Waals surface area contributed by atoms with Crippen LogP contribution in [0.5, 0.6) is 5.75 Å². The summed E-state index contributed by atoms with van der Waals surface area (Å²) in [7, 11) is -3.49. The van der Waals surface area contributed by atoms with Gasteiger partial charge in [0.15, 0.2) is 5.75 Å². The Morgan fingerprint density at radius 3 is 2.57 bits per heavy atom. The third-order valence-corrected chi connectivity index (χ3v) is 2.93. The lowest BCUT2D eigenvalue weighted by molar-refractivity contribution is 0.486. The van der Waals surface area contributed by atoms with E-state index >= 15 is 0 Å². The number of nitrogen functional groups attached to an aromatic ring is 1. The molecule has 78 valence electrons. The summed E-state index contributed by atoms with van der Waals surface area (Å²) in [5.74, 6) is 0.197. The summed E-state index contributed by atoms with van der Waals surface area (Å²) >= 11 is 0. The normalized spacial score (nSPS) is 11.2. The Balaban J connectivity index is 2.84. The van der Waals surface area contributed by atoms with Gasteiger partial charge in [0.1, 0.15) is 0 Å². The molecule has 0 unspecified atom stereocenters. The molecule has 14 heavy (non-hydrogen) atoms. The average Bonchev–Trinajstić information content (AvgIpc) is 2.08. The van der Waals surface area contributed by atoms with Crippen molar-refractivity contribution in [2.75, 3.05) is 11.5 Å². The van der Waals surface area contributed by atoms with E-state index in [0.717, 1.165) is 0 Å². The maximum absolute atomic E-state index is 11.3. The van der Waals surface area contributed by atoms with Crippen LogP contribution in [0.4, 0.5) is 5.69 Å². The Bertz CT molecular complexity index is 400. The van der Waals surface area contributed by atoms with E-state index in [0.29, 0.717) is 12.1 Å². The first kappa shape index (κ1) is 10.8. The van der Waals surface area contributed by atoms with Crippen LogP contribution in [0.1, 0.15) is 13.3 Å². The van der Waals surface area contributed by atoms with Crippen molar-refractivity contribution in [2.45, 2.75) is 13.3 Å². The molecule has 0 aliphatic heterocycles. The molecule has 0 aliphatic carbocycles.